The molecule has 1 aromatic rings. The zero-order valence-electron chi connectivity index (χ0n) is 10.1. The fourth-order valence-electron chi connectivity index (χ4n) is 1.79. The Bertz CT molecular complexity index is 341. The molecule has 1 rings (SSSR count). The summed E-state index contributed by atoms with van der Waals surface area (Å²) in [5.74, 6) is 0.419. The van der Waals surface area contributed by atoms with Gasteiger partial charge in [-0.15, -0.1) is 0 Å². The first-order valence-corrected chi connectivity index (χ1v) is 6.49. The maximum atomic E-state index is 13.1. The molecule has 1 N–H and O–H groups in total. The molecule has 90 valence electrons. The fraction of sp³-hybridized carbons (Fsp3) is 0.538. The topological polar surface area (TPSA) is 12.0 Å². The molecule has 0 aliphatic carbocycles. The summed E-state index contributed by atoms with van der Waals surface area (Å²) >= 11 is 3.22. The van der Waals surface area contributed by atoms with Gasteiger partial charge in [0.05, 0.1) is 4.47 Å². The summed E-state index contributed by atoms with van der Waals surface area (Å²) in [7, 11) is 1.98. The molecule has 2 unspecified atom stereocenters. The van der Waals surface area contributed by atoms with Crippen LogP contribution in [0.25, 0.3) is 0 Å². The predicted molar refractivity (Wildman–Crippen MR) is 70.1 cm³/mol. The van der Waals surface area contributed by atoms with Crippen LogP contribution in [-0.2, 0) is 6.42 Å². The lowest BCUT2D eigenvalue weighted by atomic mass is 9.93. The van der Waals surface area contributed by atoms with E-state index >= 15 is 0 Å². The van der Waals surface area contributed by atoms with Gasteiger partial charge in [0.2, 0.25) is 0 Å². The van der Waals surface area contributed by atoms with Crippen LogP contribution in [0.2, 0.25) is 0 Å². The molecule has 0 heterocycles. The minimum Gasteiger partial charge on any atom is -0.316 e. The normalized spacial score (nSPS) is 14.8. The molecule has 0 spiro atoms. The number of hydrogen-bond acceptors (Lipinski definition) is 1. The van der Waals surface area contributed by atoms with Gasteiger partial charge in [-0.1, -0.05) is 26.3 Å². The Morgan fingerprint density at radius 1 is 1.44 bits per heavy atom. The molecule has 0 aliphatic heterocycles. The molecular weight excluding hydrogens is 269 g/mol. The highest BCUT2D eigenvalue weighted by molar-refractivity contribution is 9.10. The number of rotatable bonds is 5. The lowest BCUT2D eigenvalue weighted by Crippen LogP contribution is -2.33. The number of likely N-dealkylation sites (N-methyl/N-ethyl adjacent to an activating group) is 1. The summed E-state index contributed by atoms with van der Waals surface area (Å²) in [6, 6.07) is 5.68. The van der Waals surface area contributed by atoms with E-state index < -0.39 is 0 Å². The number of nitrogens with one attached hydrogen (secondary N) is 1. The monoisotopic (exact) mass is 287 g/mol. The third kappa shape index (κ3) is 3.56. The van der Waals surface area contributed by atoms with E-state index in [1.54, 1.807) is 0 Å². The number of halogens is 2. The van der Waals surface area contributed by atoms with Gasteiger partial charge in [-0.05, 0) is 53.0 Å². The molecule has 3 heteroatoms. The molecule has 2 atom stereocenters. The van der Waals surface area contributed by atoms with E-state index in [1.165, 1.54) is 6.07 Å². The molecule has 1 aromatic carbocycles. The van der Waals surface area contributed by atoms with E-state index in [0.29, 0.717) is 16.4 Å². The SMILES string of the molecule is CCC(C)C(Cc1ccc(F)c(Br)c1)NC. The van der Waals surface area contributed by atoms with Gasteiger partial charge in [-0.25, -0.2) is 4.39 Å². The summed E-state index contributed by atoms with van der Waals surface area (Å²) < 4.78 is 13.6. The van der Waals surface area contributed by atoms with E-state index in [9.17, 15) is 4.39 Å². The summed E-state index contributed by atoms with van der Waals surface area (Å²) in [6.45, 7) is 4.43. The van der Waals surface area contributed by atoms with Crippen LogP contribution in [0.5, 0.6) is 0 Å². The van der Waals surface area contributed by atoms with Crippen LogP contribution in [0.1, 0.15) is 25.8 Å². The van der Waals surface area contributed by atoms with E-state index in [2.05, 4.69) is 35.1 Å². The first-order valence-electron chi connectivity index (χ1n) is 5.69. The lowest BCUT2D eigenvalue weighted by molar-refractivity contribution is 0.386. The largest absolute Gasteiger partial charge is 0.316 e. The van der Waals surface area contributed by atoms with Gasteiger partial charge in [0.15, 0.2) is 0 Å². The van der Waals surface area contributed by atoms with Crippen LogP contribution in [0.3, 0.4) is 0 Å². The second kappa shape index (κ2) is 6.36. The van der Waals surface area contributed by atoms with Crippen molar-refractivity contribution < 1.29 is 4.39 Å². The predicted octanol–water partition coefficient (Wildman–Crippen LogP) is 3.76. The van der Waals surface area contributed by atoms with Gasteiger partial charge in [0, 0.05) is 6.04 Å². The van der Waals surface area contributed by atoms with Crippen molar-refractivity contribution in [2.75, 3.05) is 7.05 Å². The minimum absolute atomic E-state index is 0.201. The molecule has 0 aliphatic rings. The van der Waals surface area contributed by atoms with E-state index in [1.807, 2.05) is 19.2 Å². The summed E-state index contributed by atoms with van der Waals surface area (Å²) in [5, 5.41) is 3.33. The van der Waals surface area contributed by atoms with E-state index in [4.69, 9.17) is 0 Å². The van der Waals surface area contributed by atoms with Crippen molar-refractivity contribution in [3.05, 3.63) is 34.1 Å². The molecule has 0 saturated heterocycles. The molecule has 0 amide bonds. The zero-order valence-corrected chi connectivity index (χ0v) is 11.6. The van der Waals surface area contributed by atoms with Gasteiger partial charge in [-0.3, -0.25) is 0 Å². The van der Waals surface area contributed by atoms with Gasteiger partial charge >= 0.3 is 0 Å². The maximum Gasteiger partial charge on any atom is 0.137 e. The molecule has 1 nitrogen and oxygen atoms in total. The molecule has 0 saturated carbocycles. The molecule has 16 heavy (non-hydrogen) atoms. The number of benzene rings is 1. The van der Waals surface area contributed by atoms with Crippen LogP contribution in [0, 0.1) is 11.7 Å². The summed E-state index contributed by atoms with van der Waals surface area (Å²) in [5.41, 5.74) is 1.16. The van der Waals surface area contributed by atoms with E-state index in [0.717, 1.165) is 18.4 Å². The molecular formula is C13H19BrFN. The zero-order chi connectivity index (χ0) is 12.1. The molecule has 0 bridgehead atoms. The second-order valence-electron chi connectivity index (χ2n) is 4.23. The Kier molecular flexibility index (Phi) is 5.42. The van der Waals surface area contributed by atoms with Crippen molar-refractivity contribution in [1.29, 1.82) is 0 Å². The first kappa shape index (κ1) is 13.7. The highest BCUT2D eigenvalue weighted by atomic mass is 79.9. The number of hydrogen-bond donors (Lipinski definition) is 1. The Hall–Kier alpha value is -0.410. The molecule has 0 aromatic heterocycles. The smallest absolute Gasteiger partial charge is 0.137 e. The summed E-state index contributed by atoms with van der Waals surface area (Å²) in [4.78, 5) is 0. The van der Waals surface area contributed by atoms with Crippen molar-refractivity contribution in [1.82, 2.24) is 5.32 Å². The van der Waals surface area contributed by atoms with Crippen molar-refractivity contribution in [3.63, 3.8) is 0 Å². The maximum absolute atomic E-state index is 13.1. The third-order valence-electron chi connectivity index (χ3n) is 3.14. The standard InChI is InChI=1S/C13H19BrFN/c1-4-9(2)13(16-3)8-10-5-6-12(15)11(14)7-10/h5-7,9,13,16H,4,8H2,1-3H3. The van der Waals surface area contributed by atoms with Crippen LogP contribution in [0.15, 0.2) is 22.7 Å². The Labute approximate surface area is 106 Å². The average molecular weight is 288 g/mol. The van der Waals surface area contributed by atoms with Gasteiger partial charge in [0.1, 0.15) is 5.82 Å². The minimum atomic E-state index is -0.201. The Morgan fingerprint density at radius 2 is 2.12 bits per heavy atom. The van der Waals surface area contributed by atoms with Crippen LogP contribution >= 0.6 is 15.9 Å². The first-order chi connectivity index (χ1) is 7.58. The highest BCUT2D eigenvalue weighted by Crippen LogP contribution is 2.19. The van der Waals surface area contributed by atoms with Crippen LogP contribution < -0.4 is 5.32 Å². The van der Waals surface area contributed by atoms with Crippen LogP contribution in [0.4, 0.5) is 4.39 Å². The lowest BCUT2D eigenvalue weighted by Gasteiger charge is -2.22. The highest BCUT2D eigenvalue weighted by Gasteiger charge is 2.14. The van der Waals surface area contributed by atoms with Crippen molar-refractivity contribution in [2.24, 2.45) is 5.92 Å². The van der Waals surface area contributed by atoms with Crippen molar-refractivity contribution in [2.45, 2.75) is 32.7 Å². The average Bonchev–Trinajstić information content (AvgIpc) is 2.29. The third-order valence-corrected chi connectivity index (χ3v) is 3.75. The molecule has 0 radical (unpaired) electrons. The molecule has 0 fully saturated rings. The van der Waals surface area contributed by atoms with Crippen LogP contribution in [-0.4, -0.2) is 13.1 Å². The summed E-state index contributed by atoms with van der Waals surface area (Å²) in [6.07, 6.45) is 2.08. The van der Waals surface area contributed by atoms with Crippen molar-refractivity contribution >= 4 is 15.9 Å². The fourth-order valence-corrected chi connectivity index (χ4v) is 2.22. The Morgan fingerprint density at radius 3 is 2.62 bits per heavy atom. The second-order valence-corrected chi connectivity index (χ2v) is 5.09. The van der Waals surface area contributed by atoms with E-state index in [-0.39, 0.29) is 5.82 Å². The van der Waals surface area contributed by atoms with Crippen molar-refractivity contribution in [3.8, 4) is 0 Å². The quantitative estimate of drug-likeness (QED) is 0.869. The Balaban J connectivity index is 2.74. The van der Waals surface area contributed by atoms with Gasteiger partial charge < -0.3 is 5.32 Å². The van der Waals surface area contributed by atoms with Gasteiger partial charge in [-0.2, -0.15) is 0 Å². The van der Waals surface area contributed by atoms with Gasteiger partial charge in [0.25, 0.3) is 0 Å².